The highest BCUT2D eigenvalue weighted by atomic mass is 16.6. The zero-order valence-corrected chi connectivity index (χ0v) is 23.4. The fraction of sp³-hybridized carbons (Fsp3) is 0.500. The zero-order valence-electron chi connectivity index (χ0n) is 23.4. The van der Waals surface area contributed by atoms with Crippen molar-refractivity contribution in [3.63, 3.8) is 0 Å². The molecule has 1 unspecified atom stereocenters. The number of nitrogens with one attached hydrogen (secondary N) is 2. The van der Waals surface area contributed by atoms with Gasteiger partial charge in [0.25, 0.3) is 0 Å². The molecule has 9 heteroatoms. The fourth-order valence-electron chi connectivity index (χ4n) is 5.55. The number of aromatic amines is 1. The largest absolute Gasteiger partial charge is 0.444 e. The summed E-state index contributed by atoms with van der Waals surface area (Å²) in [5.41, 5.74) is 8.80. The number of fused-ring (bicyclic) bond motifs is 1. The molecule has 9 nitrogen and oxygen atoms in total. The number of H-pyrrole nitrogens is 1. The van der Waals surface area contributed by atoms with Crippen molar-refractivity contribution < 1.29 is 19.4 Å². The molecular formula is C30H37N5O4. The van der Waals surface area contributed by atoms with Gasteiger partial charge in [0.2, 0.25) is 11.8 Å². The SMILES string of the molecule is Cc1[nH]nc2c1C(c1cc(C#C[C@@H]3CC[C@@H]3CNC(=O)OC(C)(C)C)cc(CO)c1)(C(C)C)C(C#N)=C(N)O2. The molecule has 3 atom stereocenters. The van der Waals surface area contributed by atoms with E-state index in [-0.39, 0.29) is 30.2 Å². The third kappa shape index (κ3) is 5.32. The van der Waals surface area contributed by atoms with Crippen LogP contribution in [0, 0.1) is 47.8 Å². The minimum absolute atomic E-state index is 0.0158. The number of rotatable bonds is 5. The Morgan fingerprint density at radius 1 is 1.36 bits per heavy atom. The molecule has 0 radical (unpaired) electrons. The highest BCUT2D eigenvalue weighted by Crippen LogP contribution is 2.52. The Kier molecular flexibility index (Phi) is 7.68. The Morgan fingerprint density at radius 3 is 2.69 bits per heavy atom. The minimum Gasteiger partial charge on any atom is -0.444 e. The number of benzene rings is 1. The average Bonchev–Trinajstić information content (AvgIpc) is 3.21. The smallest absolute Gasteiger partial charge is 0.407 e. The zero-order chi connectivity index (χ0) is 28.5. The molecule has 1 amide bonds. The van der Waals surface area contributed by atoms with Gasteiger partial charge in [0.15, 0.2) is 0 Å². The van der Waals surface area contributed by atoms with E-state index < -0.39 is 17.1 Å². The van der Waals surface area contributed by atoms with E-state index in [1.54, 1.807) is 0 Å². The van der Waals surface area contributed by atoms with Crippen molar-refractivity contribution in [2.45, 2.75) is 72.0 Å². The van der Waals surface area contributed by atoms with Gasteiger partial charge >= 0.3 is 6.09 Å². The minimum atomic E-state index is -0.943. The van der Waals surface area contributed by atoms with Gasteiger partial charge in [-0.3, -0.25) is 5.10 Å². The van der Waals surface area contributed by atoms with E-state index >= 15 is 0 Å². The summed E-state index contributed by atoms with van der Waals surface area (Å²) in [4.78, 5) is 12.1. The number of allylic oxidation sites excluding steroid dienone is 1. The lowest BCUT2D eigenvalue weighted by atomic mass is 9.61. The van der Waals surface area contributed by atoms with Crippen LogP contribution < -0.4 is 15.8 Å². The van der Waals surface area contributed by atoms with Gasteiger partial charge in [-0.25, -0.2) is 4.79 Å². The van der Waals surface area contributed by atoms with Crippen LogP contribution in [0.2, 0.25) is 0 Å². The molecular weight excluding hydrogens is 494 g/mol. The van der Waals surface area contributed by atoms with E-state index in [1.807, 2.05) is 59.7 Å². The predicted octanol–water partition coefficient (Wildman–Crippen LogP) is 4.14. The standard InChI is InChI=1S/C30H37N5O4/c1-17(2)30(24(14-31)26(32)38-27-25(30)18(3)34-35-27)23-12-19(11-20(13-23)16-36)7-8-21-9-10-22(21)15-33-28(37)39-29(4,5)6/h11-13,17,21-22,36H,9-10,15-16,32H2,1-6H3,(H,33,37)(H,34,35)/t21-,22-,30?/m1/s1. The lowest BCUT2D eigenvalue weighted by molar-refractivity contribution is 0.0502. The van der Waals surface area contributed by atoms with Crippen LogP contribution in [0.1, 0.15) is 75.4 Å². The van der Waals surface area contributed by atoms with Crippen LogP contribution in [0.25, 0.3) is 0 Å². The van der Waals surface area contributed by atoms with Gasteiger partial charge in [-0.2, -0.15) is 5.26 Å². The molecule has 1 aromatic heterocycles. The molecule has 2 heterocycles. The van der Waals surface area contributed by atoms with Crippen molar-refractivity contribution in [3.8, 4) is 23.8 Å². The van der Waals surface area contributed by atoms with Gasteiger partial charge in [0.05, 0.1) is 17.6 Å². The van der Waals surface area contributed by atoms with Gasteiger partial charge < -0.3 is 25.6 Å². The Hall–Kier alpha value is -3.95. The van der Waals surface area contributed by atoms with Crippen molar-refractivity contribution in [2.75, 3.05) is 6.54 Å². The number of nitriles is 1. The normalized spacial score (nSPS) is 22.1. The Morgan fingerprint density at radius 2 is 2.10 bits per heavy atom. The molecule has 0 spiro atoms. The summed E-state index contributed by atoms with van der Waals surface area (Å²) in [6, 6.07) is 8.02. The number of nitrogens with zero attached hydrogens (tertiary/aromatic N) is 2. The van der Waals surface area contributed by atoms with E-state index in [0.717, 1.165) is 35.2 Å². The predicted molar refractivity (Wildman–Crippen MR) is 146 cm³/mol. The third-order valence-electron chi connectivity index (χ3n) is 7.49. The van der Waals surface area contributed by atoms with Crippen LogP contribution in [-0.4, -0.2) is 33.5 Å². The molecule has 2 aromatic rings. The number of carbonyl (C=O) groups is 1. The first-order valence-corrected chi connectivity index (χ1v) is 13.3. The number of amides is 1. The maximum Gasteiger partial charge on any atom is 0.407 e. The number of aliphatic hydroxyl groups is 1. The number of nitrogens with two attached hydrogens (primary N) is 1. The quantitative estimate of drug-likeness (QED) is 0.424. The number of aryl methyl sites for hydroxylation is 1. The van der Waals surface area contributed by atoms with Crippen LogP contribution in [-0.2, 0) is 16.8 Å². The Bertz CT molecular complexity index is 1400. The Labute approximate surface area is 229 Å². The van der Waals surface area contributed by atoms with Crippen molar-refractivity contribution in [2.24, 2.45) is 23.5 Å². The van der Waals surface area contributed by atoms with Gasteiger partial charge in [0.1, 0.15) is 17.2 Å². The summed E-state index contributed by atoms with van der Waals surface area (Å²) in [6.45, 7) is 11.8. The van der Waals surface area contributed by atoms with Crippen molar-refractivity contribution in [1.82, 2.24) is 15.5 Å². The summed E-state index contributed by atoms with van der Waals surface area (Å²) in [5.74, 6) is 7.30. The second-order valence-corrected chi connectivity index (χ2v) is 11.6. The molecule has 1 fully saturated rings. The topological polar surface area (TPSA) is 146 Å². The number of aromatic nitrogens is 2. The van der Waals surface area contributed by atoms with Gasteiger partial charge in [-0.1, -0.05) is 31.8 Å². The number of hydrogen-bond acceptors (Lipinski definition) is 7. The highest BCUT2D eigenvalue weighted by molar-refractivity contribution is 5.67. The molecule has 1 saturated carbocycles. The van der Waals surface area contributed by atoms with Gasteiger partial charge in [-0.15, -0.1) is 5.10 Å². The first kappa shape index (κ1) is 28.1. The second kappa shape index (κ2) is 10.7. The first-order valence-electron chi connectivity index (χ1n) is 13.3. The van der Waals surface area contributed by atoms with Crippen LogP contribution in [0.4, 0.5) is 4.79 Å². The summed E-state index contributed by atoms with van der Waals surface area (Å²) in [5, 5.41) is 30.5. The van der Waals surface area contributed by atoms with Crippen molar-refractivity contribution in [1.29, 1.82) is 5.26 Å². The van der Waals surface area contributed by atoms with Crippen LogP contribution in [0.5, 0.6) is 5.88 Å². The fourth-order valence-corrected chi connectivity index (χ4v) is 5.55. The maximum atomic E-state index is 12.1. The van der Waals surface area contributed by atoms with Crippen LogP contribution >= 0.6 is 0 Å². The average molecular weight is 532 g/mol. The van der Waals surface area contributed by atoms with Gasteiger partial charge in [-0.05, 0) is 75.6 Å². The molecule has 5 N–H and O–H groups in total. The maximum absolute atomic E-state index is 12.1. The summed E-state index contributed by atoms with van der Waals surface area (Å²) in [6.07, 6.45) is 1.50. The van der Waals surface area contributed by atoms with Gasteiger partial charge in [0, 0.05) is 23.7 Å². The summed E-state index contributed by atoms with van der Waals surface area (Å²) < 4.78 is 11.1. The van der Waals surface area contributed by atoms with Crippen molar-refractivity contribution in [3.05, 3.63) is 57.6 Å². The number of carbonyl (C=O) groups excluding carboxylic acids is 1. The number of hydrogen-bond donors (Lipinski definition) is 4. The molecule has 39 heavy (non-hydrogen) atoms. The number of alkyl carbamates (subject to hydrolysis) is 1. The van der Waals surface area contributed by atoms with Crippen LogP contribution in [0.15, 0.2) is 29.7 Å². The van der Waals surface area contributed by atoms with E-state index in [4.69, 9.17) is 15.2 Å². The highest BCUT2D eigenvalue weighted by Gasteiger charge is 2.50. The van der Waals surface area contributed by atoms with Crippen LogP contribution in [0.3, 0.4) is 0 Å². The van der Waals surface area contributed by atoms with E-state index in [9.17, 15) is 15.2 Å². The molecule has 1 aliphatic heterocycles. The lowest BCUT2D eigenvalue weighted by Gasteiger charge is -2.41. The molecule has 2 aliphatic rings. The summed E-state index contributed by atoms with van der Waals surface area (Å²) >= 11 is 0. The van der Waals surface area contributed by atoms with E-state index in [0.29, 0.717) is 23.6 Å². The number of aliphatic hydroxyl groups excluding tert-OH is 1. The molecule has 4 rings (SSSR count). The second-order valence-electron chi connectivity index (χ2n) is 11.6. The summed E-state index contributed by atoms with van der Waals surface area (Å²) in [7, 11) is 0. The van der Waals surface area contributed by atoms with E-state index in [2.05, 4.69) is 33.4 Å². The monoisotopic (exact) mass is 531 g/mol. The molecule has 206 valence electrons. The lowest BCUT2D eigenvalue weighted by Crippen LogP contribution is -2.41. The Balaban J connectivity index is 1.69. The number of ether oxygens (including phenoxy) is 2. The van der Waals surface area contributed by atoms with Crippen molar-refractivity contribution >= 4 is 6.09 Å². The molecule has 0 saturated heterocycles. The third-order valence-corrected chi connectivity index (χ3v) is 7.49. The molecule has 1 aliphatic carbocycles. The van der Waals surface area contributed by atoms with E-state index in [1.165, 1.54) is 0 Å². The first-order chi connectivity index (χ1) is 18.4. The molecule has 1 aromatic carbocycles. The molecule has 0 bridgehead atoms.